The number of aryl methyl sites for hydroxylation is 2. The Bertz CT molecular complexity index is 1220. The van der Waals surface area contributed by atoms with Crippen molar-refractivity contribution in [2.75, 3.05) is 23.7 Å². The molecular formula is C34H46N4O6. The third-order valence-electron chi connectivity index (χ3n) is 7.51. The first kappa shape index (κ1) is 32.8. The smallest absolute Gasteiger partial charge is 0.410 e. The van der Waals surface area contributed by atoms with Gasteiger partial charge < -0.3 is 20.1 Å². The van der Waals surface area contributed by atoms with E-state index >= 15 is 0 Å². The Kier molecular flexibility index (Phi) is 10.2. The molecule has 0 saturated carbocycles. The van der Waals surface area contributed by atoms with Crippen LogP contribution in [-0.4, -0.2) is 70.2 Å². The van der Waals surface area contributed by atoms with E-state index in [1.165, 1.54) is 9.80 Å². The van der Waals surface area contributed by atoms with E-state index in [0.717, 1.165) is 36.8 Å². The Morgan fingerprint density at radius 2 is 0.977 bits per heavy atom. The van der Waals surface area contributed by atoms with Crippen molar-refractivity contribution < 1.29 is 28.7 Å². The Hall–Kier alpha value is -4.08. The van der Waals surface area contributed by atoms with Gasteiger partial charge >= 0.3 is 12.2 Å². The molecule has 238 valence electrons. The first-order valence-electron chi connectivity index (χ1n) is 15.5. The molecule has 4 rings (SSSR count). The number of nitrogens with zero attached hydrogens (tertiary/aromatic N) is 2. The average Bonchev–Trinajstić information content (AvgIpc) is 3.62. The molecule has 0 radical (unpaired) electrons. The van der Waals surface area contributed by atoms with Crippen LogP contribution in [0.1, 0.15) is 78.4 Å². The van der Waals surface area contributed by atoms with Crippen molar-refractivity contribution >= 4 is 35.4 Å². The number of likely N-dealkylation sites (tertiary alicyclic amines) is 2. The molecule has 2 N–H and O–H groups in total. The first-order valence-corrected chi connectivity index (χ1v) is 15.5. The molecular weight excluding hydrogens is 560 g/mol. The number of rotatable bonds is 7. The van der Waals surface area contributed by atoms with E-state index in [1.807, 2.05) is 90.1 Å². The van der Waals surface area contributed by atoms with E-state index in [0.29, 0.717) is 37.3 Å². The van der Waals surface area contributed by atoms with Crippen molar-refractivity contribution in [1.29, 1.82) is 0 Å². The van der Waals surface area contributed by atoms with Crippen molar-refractivity contribution in [3.8, 4) is 0 Å². The lowest BCUT2D eigenvalue weighted by Crippen LogP contribution is -2.45. The van der Waals surface area contributed by atoms with E-state index in [-0.39, 0.29) is 11.8 Å². The molecule has 10 heteroatoms. The third-order valence-corrected chi connectivity index (χ3v) is 7.51. The van der Waals surface area contributed by atoms with Crippen LogP contribution in [0.25, 0.3) is 0 Å². The fourth-order valence-electron chi connectivity index (χ4n) is 5.41. The first-order chi connectivity index (χ1) is 20.7. The molecule has 0 aromatic heterocycles. The van der Waals surface area contributed by atoms with Gasteiger partial charge in [-0.05, 0) is 115 Å². The maximum absolute atomic E-state index is 12.9. The number of hydrogen-bond acceptors (Lipinski definition) is 6. The van der Waals surface area contributed by atoms with Crippen LogP contribution in [0.5, 0.6) is 0 Å². The van der Waals surface area contributed by atoms with Gasteiger partial charge in [-0.2, -0.15) is 0 Å². The maximum Gasteiger partial charge on any atom is 0.410 e. The maximum atomic E-state index is 12.9. The topological polar surface area (TPSA) is 117 Å². The van der Waals surface area contributed by atoms with E-state index in [4.69, 9.17) is 9.47 Å². The van der Waals surface area contributed by atoms with Gasteiger partial charge in [-0.1, -0.05) is 24.3 Å². The lowest BCUT2D eigenvalue weighted by Gasteiger charge is -2.28. The van der Waals surface area contributed by atoms with Gasteiger partial charge in [0.05, 0.1) is 0 Å². The van der Waals surface area contributed by atoms with Crippen LogP contribution in [0, 0.1) is 0 Å². The SMILES string of the molecule is CC(C)(C)OC(=O)N1CCC[C@H]1C(=O)Nc1ccc(CCc2ccc(NC(=O)[C@@H]3CCCN3C(=O)OC(C)(C)C)cc2)cc1. The molecule has 10 nitrogen and oxygen atoms in total. The summed E-state index contributed by atoms with van der Waals surface area (Å²) in [6.07, 6.45) is 3.43. The fraction of sp³-hybridized carbons (Fsp3) is 0.529. The highest BCUT2D eigenvalue weighted by molar-refractivity contribution is 5.97. The van der Waals surface area contributed by atoms with E-state index < -0.39 is 35.5 Å². The number of nitrogens with one attached hydrogen (secondary N) is 2. The second kappa shape index (κ2) is 13.7. The molecule has 0 spiro atoms. The van der Waals surface area contributed by atoms with Gasteiger partial charge in [0.25, 0.3) is 0 Å². The number of benzene rings is 2. The molecule has 2 heterocycles. The molecule has 0 bridgehead atoms. The van der Waals surface area contributed by atoms with Gasteiger partial charge in [-0.3, -0.25) is 19.4 Å². The predicted octanol–water partition coefficient (Wildman–Crippen LogP) is 6.15. The van der Waals surface area contributed by atoms with Gasteiger partial charge in [-0.25, -0.2) is 9.59 Å². The van der Waals surface area contributed by atoms with Crippen molar-refractivity contribution in [3.63, 3.8) is 0 Å². The Labute approximate surface area is 260 Å². The summed E-state index contributed by atoms with van der Waals surface area (Å²) in [6.45, 7) is 11.9. The summed E-state index contributed by atoms with van der Waals surface area (Å²) in [7, 11) is 0. The Balaban J connectivity index is 1.24. The molecule has 0 unspecified atom stereocenters. The quantitative estimate of drug-likeness (QED) is 0.391. The summed E-state index contributed by atoms with van der Waals surface area (Å²) in [4.78, 5) is 54.0. The Morgan fingerprint density at radius 3 is 1.30 bits per heavy atom. The molecule has 44 heavy (non-hydrogen) atoms. The van der Waals surface area contributed by atoms with Crippen molar-refractivity contribution in [2.24, 2.45) is 0 Å². The standard InChI is InChI=1S/C34H46N4O6/c1-33(2,3)43-31(41)37-21-7-9-27(37)29(39)35-25-17-13-23(14-18-25)11-12-24-15-19-26(20-16-24)36-30(40)28-10-8-22-38(28)32(42)44-34(4,5)6/h13-20,27-28H,7-12,21-22H2,1-6H3,(H,35,39)(H,36,40)/t27-,28-/m0/s1. The van der Waals surface area contributed by atoms with Gasteiger partial charge in [0.2, 0.25) is 11.8 Å². The van der Waals surface area contributed by atoms with Crippen molar-refractivity contribution in [3.05, 3.63) is 59.7 Å². The molecule has 2 saturated heterocycles. The summed E-state index contributed by atoms with van der Waals surface area (Å²) >= 11 is 0. The molecule has 2 atom stereocenters. The molecule has 0 aliphatic carbocycles. The second-order valence-electron chi connectivity index (χ2n) is 13.5. The summed E-state index contributed by atoms with van der Waals surface area (Å²) < 4.78 is 10.9. The Morgan fingerprint density at radius 1 is 0.636 bits per heavy atom. The number of amides is 4. The zero-order chi connectivity index (χ0) is 32.1. The van der Waals surface area contributed by atoms with E-state index in [1.54, 1.807) is 0 Å². The fourth-order valence-corrected chi connectivity index (χ4v) is 5.41. The summed E-state index contributed by atoms with van der Waals surface area (Å²) in [5.74, 6) is -0.419. The minimum Gasteiger partial charge on any atom is -0.444 e. The largest absolute Gasteiger partial charge is 0.444 e. The highest BCUT2D eigenvalue weighted by Crippen LogP contribution is 2.24. The molecule has 2 aromatic rings. The molecule has 2 aliphatic heterocycles. The number of carbonyl (C=O) groups excluding carboxylic acids is 4. The lowest BCUT2D eigenvalue weighted by molar-refractivity contribution is -0.121. The van der Waals surface area contributed by atoms with Crippen LogP contribution in [-0.2, 0) is 31.9 Å². The van der Waals surface area contributed by atoms with Crippen molar-refractivity contribution in [1.82, 2.24) is 9.80 Å². The van der Waals surface area contributed by atoms with Crippen LogP contribution in [0.3, 0.4) is 0 Å². The van der Waals surface area contributed by atoms with Gasteiger partial charge in [0.1, 0.15) is 23.3 Å². The highest BCUT2D eigenvalue weighted by atomic mass is 16.6. The van der Waals surface area contributed by atoms with Crippen molar-refractivity contribution in [2.45, 2.75) is 103 Å². The molecule has 2 fully saturated rings. The summed E-state index contributed by atoms with van der Waals surface area (Å²) in [6, 6.07) is 14.4. The predicted molar refractivity (Wildman–Crippen MR) is 169 cm³/mol. The third kappa shape index (κ3) is 9.21. The van der Waals surface area contributed by atoms with E-state index in [2.05, 4.69) is 10.6 Å². The van der Waals surface area contributed by atoms with Crippen LogP contribution >= 0.6 is 0 Å². The minimum absolute atomic E-state index is 0.209. The van der Waals surface area contributed by atoms with Gasteiger partial charge in [0.15, 0.2) is 0 Å². The van der Waals surface area contributed by atoms with Crippen LogP contribution in [0.2, 0.25) is 0 Å². The zero-order valence-electron chi connectivity index (χ0n) is 26.8. The number of anilines is 2. The second-order valence-corrected chi connectivity index (χ2v) is 13.5. The lowest BCUT2D eigenvalue weighted by atomic mass is 10.0. The highest BCUT2D eigenvalue weighted by Gasteiger charge is 2.37. The number of ether oxygens (including phenoxy) is 2. The van der Waals surface area contributed by atoms with Crippen LogP contribution in [0.15, 0.2) is 48.5 Å². The average molecular weight is 607 g/mol. The monoisotopic (exact) mass is 606 g/mol. The van der Waals surface area contributed by atoms with Gasteiger partial charge in [0, 0.05) is 24.5 Å². The van der Waals surface area contributed by atoms with E-state index in [9.17, 15) is 19.2 Å². The van der Waals surface area contributed by atoms with Crippen LogP contribution in [0.4, 0.5) is 21.0 Å². The molecule has 4 amide bonds. The zero-order valence-corrected chi connectivity index (χ0v) is 26.8. The van der Waals surface area contributed by atoms with Crippen LogP contribution < -0.4 is 10.6 Å². The number of carbonyl (C=O) groups is 4. The number of hydrogen-bond donors (Lipinski definition) is 2. The summed E-state index contributed by atoms with van der Waals surface area (Å²) in [5, 5.41) is 5.88. The summed E-state index contributed by atoms with van der Waals surface area (Å²) in [5.41, 5.74) is 2.39. The van der Waals surface area contributed by atoms with Gasteiger partial charge in [-0.15, -0.1) is 0 Å². The molecule has 2 aromatic carbocycles. The normalized spacial score (nSPS) is 18.6. The minimum atomic E-state index is -0.614. The molecule has 2 aliphatic rings.